The van der Waals surface area contributed by atoms with Gasteiger partial charge in [-0.1, -0.05) is 13.8 Å². The molecule has 0 aromatic rings. The van der Waals surface area contributed by atoms with Gasteiger partial charge >= 0.3 is 0 Å². The highest BCUT2D eigenvalue weighted by molar-refractivity contribution is 6.09. The van der Waals surface area contributed by atoms with Crippen molar-refractivity contribution in [2.45, 2.75) is 41.5 Å². The van der Waals surface area contributed by atoms with E-state index in [-0.39, 0.29) is 17.3 Å². The lowest BCUT2D eigenvalue weighted by molar-refractivity contribution is -0.152. The van der Waals surface area contributed by atoms with Crippen molar-refractivity contribution in [2.75, 3.05) is 0 Å². The standard InChI is InChI=1S/C11H18O3/c1-7(12)10(4,5)11(6,8(2)13)9(3)14/h1-6H3. The largest absolute Gasteiger partial charge is 0.299 e. The molecule has 3 heteroatoms. The quantitative estimate of drug-likeness (QED) is 0.647. The highest BCUT2D eigenvalue weighted by Crippen LogP contribution is 2.41. The molecular weight excluding hydrogens is 180 g/mol. The number of carbonyl (C=O) groups excluding carboxylic acids is 3. The summed E-state index contributed by atoms with van der Waals surface area (Å²) in [5, 5.41) is 0. The van der Waals surface area contributed by atoms with Gasteiger partial charge in [0.05, 0.1) is 5.41 Å². The Labute approximate surface area is 84.9 Å². The first-order chi connectivity index (χ1) is 6.08. The third-order valence-corrected chi connectivity index (χ3v) is 3.54. The Morgan fingerprint density at radius 1 is 0.714 bits per heavy atom. The molecule has 0 bridgehead atoms. The summed E-state index contributed by atoms with van der Waals surface area (Å²) in [5.41, 5.74) is -2.15. The molecule has 0 rings (SSSR count). The highest BCUT2D eigenvalue weighted by atomic mass is 16.2. The fraction of sp³-hybridized carbons (Fsp3) is 0.727. The monoisotopic (exact) mass is 198 g/mol. The lowest BCUT2D eigenvalue weighted by Crippen LogP contribution is -2.50. The first-order valence-corrected chi connectivity index (χ1v) is 4.61. The maximum Gasteiger partial charge on any atom is 0.144 e. The van der Waals surface area contributed by atoms with E-state index in [0.29, 0.717) is 0 Å². The molecule has 0 radical (unpaired) electrons. The third-order valence-electron chi connectivity index (χ3n) is 3.54. The SMILES string of the molecule is CC(=O)C(C)(C)C(C)(C(C)=O)C(C)=O. The van der Waals surface area contributed by atoms with Crippen molar-refractivity contribution < 1.29 is 14.4 Å². The van der Waals surface area contributed by atoms with Crippen molar-refractivity contribution in [3.63, 3.8) is 0 Å². The van der Waals surface area contributed by atoms with E-state index in [2.05, 4.69) is 0 Å². The smallest absolute Gasteiger partial charge is 0.144 e. The number of Topliss-reactive ketones (excluding diaryl/α,β-unsaturated/α-hetero) is 3. The molecule has 3 nitrogen and oxygen atoms in total. The molecule has 0 N–H and O–H groups in total. The molecular formula is C11H18O3. The highest BCUT2D eigenvalue weighted by Gasteiger charge is 2.51. The van der Waals surface area contributed by atoms with Crippen molar-refractivity contribution in [3.8, 4) is 0 Å². The minimum Gasteiger partial charge on any atom is -0.299 e. The van der Waals surface area contributed by atoms with Gasteiger partial charge < -0.3 is 0 Å². The van der Waals surface area contributed by atoms with Crippen LogP contribution in [0.25, 0.3) is 0 Å². The van der Waals surface area contributed by atoms with Crippen LogP contribution in [0.3, 0.4) is 0 Å². The Bertz CT molecular complexity index is 273. The first kappa shape index (κ1) is 13.0. The lowest BCUT2D eigenvalue weighted by Gasteiger charge is -2.38. The summed E-state index contributed by atoms with van der Waals surface area (Å²) in [6, 6.07) is 0. The van der Waals surface area contributed by atoms with Crippen LogP contribution in [0.15, 0.2) is 0 Å². The molecule has 0 aliphatic rings. The number of carbonyl (C=O) groups is 3. The Morgan fingerprint density at radius 2 is 1.00 bits per heavy atom. The van der Waals surface area contributed by atoms with Crippen LogP contribution in [0.4, 0.5) is 0 Å². The number of rotatable bonds is 4. The Balaban J connectivity index is 5.55. The maximum absolute atomic E-state index is 11.5. The molecule has 0 unspecified atom stereocenters. The third kappa shape index (κ3) is 1.63. The summed E-state index contributed by atoms with van der Waals surface area (Å²) in [4.78, 5) is 34.4. The van der Waals surface area contributed by atoms with Crippen LogP contribution in [0.2, 0.25) is 0 Å². The van der Waals surface area contributed by atoms with E-state index in [1.165, 1.54) is 20.8 Å². The van der Waals surface area contributed by atoms with Gasteiger partial charge in [0.15, 0.2) is 0 Å². The number of ketones is 3. The summed E-state index contributed by atoms with van der Waals surface area (Å²) in [6.07, 6.45) is 0. The second-order valence-electron chi connectivity index (χ2n) is 4.42. The molecule has 0 saturated carbocycles. The van der Waals surface area contributed by atoms with Gasteiger partial charge in [-0.05, 0) is 27.7 Å². The van der Waals surface area contributed by atoms with Crippen molar-refractivity contribution in [1.29, 1.82) is 0 Å². The zero-order valence-corrected chi connectivity index (χ0v) is 9.72. The van der Waals surface area contributed by atoms with Crippen LogP contribution in [-0.2, 0) is 14.4 Å². The van der Waals surface area contributed by atoms with Crippen molar-refractivity contribution in [2.24, 2.45) is 10.8 Å². The molecule has 0 atom stereocenters. The Morgan fingerprint density at radius 3 is 1.07 bits per heavy atom. The minimum atomic E-state index is -1.21. The van der Waals surface area contributed by atoms with Crippen LogP contribution in [0, 0.1) is 10.8 Å². The molecule has 0 aromatic carbocycles. The van der Waals surface area contributed by atoms with E-state index in [9.17, 15) is 14.4 Å². The second kappa shape index (κ2) is 3.64. The fourth-order valence-corrected chi connectivity index (χ4v) is 1.48. The van der Waals surface area contributed by atoms with E-state index in [0.717, 1.165) is 0 Å². The van der Waals surface area contributed by atoms with Gasteiger partial charge in [0.25, 0.3) is 0 Å². The molecule has 0 aliphatic carbocycles. The van der Waals surface area contributed by atoms with E-state index in [4.69, 9.17) is 0 Å². The first-order valence-electron chi connectivity index (χ1n) is 4.61. The predicted octanol–water partition coefficient (Wildman–Crippen LogP) is 1.79. The zero-order chi connectivity index (χ0) is 11.7. The number of hydrogen-bond donors (Lipinski definition) is 0. The van der Waals surface area contributed by atoms with E-state index in [1.807, 2.05) is 0 Å². The van der Waals surface area contributed by atoms with Gasteiger partial charge in [-0.3, -0.25) is 14.4 Å². The second-order valence-corrected chi connectivity index (χ2v) is 4.42. The topological polar surface area (TPSA) is 51.2 Å². The Kier molecular flexibility index (Phi) is 3.38. The van der Waals surface area contributed by atoms with Crippen LogP contribution in [0.1, 0.15) is 41.5 Å². The summed E-state index contributed by atoms with van der Waals surface area (Å²) in [5.74, 6) is -0.666. The molecule has 0 fully saturated rings. The summed E-state index contributed by atoms with van der Waals surface area (Å²) >= 11 is 0. The molecule has 14 heavy (non-hydrogen) atoms. The molecule has 0 aromatic heterocycles. The summed E-state index contributed by atoms with van der Waals surface area (Å²) < 4.78 is 0. The van der Waals surface area contributed by atoms with Crippen molar-refractivity contribution in [1.82, 2.24) is 0 Å². The molecule has 0 heterocycles. The maximum atomic E-state index is 11.5. The number of hydrogen-bond acceptors (Lipinski definition) is 3. The van der Waals surface area contributed by atoms with E-state index in [1.54, 1.807) is 20.8 Å². The van der Waals surface area contributed by atoms with Crippen LogP contribution < -0.4 is 0 Å². The van der Waals surface area contributed by atoms with Gasteiger partial charge in [-0.2, -0.15) is 0 Å². The van der Waals surface area contributed by atoms with Gasteiger partial charge in [-0.25, -0.2) is 0 Å². The van der Waals surface area contributed by atoms with E-state index < -0.39 is 10.8 Å². The molecule has 0 saturated heterocycles. The van der Waals surface area contributed by atoms with E-state index >= 15 is 0 Å². The van der Waals surface area contributed by atoms with Crippen LogP contribution in [0.5, 0.6) is 0 Å². The molecule has 80 valence electrons. The van der Waals surface area contributed by atoms with Crippen LogP contribution in [-0.4, -0.2) is 17.3 Å². The van der Waals surface area contributed by atoms with Crippen molar-refractivity contribution >= 4 is 17.3 Å². The van der Waals surface area contributed by atoms with Gasteiger partial charge in [-0.15, -0.1) is 0 Å². The summed E-state index contributed by atoms with van der Waals surface area (Å²) in [7, 11) is 0. The summed E-state index contributed by atoms with van der Waals surface area (Å²) in [6.45, 7) is 8.93. The average Bonchev–Trinajstić information content (AvgIpc) is 2.01. The van der Waals surface area contributed by atoms with Gasteiger partial charge in [0.1, 0.15) is 17.3 Å². The molecule has 0 amide bonds. The van der Waals surface area contributed by atoms with Gasteiger partial charge in [0.2, 0.25) is 0 Å². The normalized spacial score (nSPS) is 12.4. The lowest BCUT2D eigenvalue weighted by atomic mass is 9.60. The average molecular weight is 198 g/mol. The fourth-order valence-electron chi connectivity index (χ4n) is 1.48. The van der Waals surface area contributed by atoms with Gasteiger partial charge in [0, 0.05) is 5.41 Å². The molecule has 0 aliphatic heterocycles. The van der Waals surface area contributed by atoms with Crippen molar-refractivity contribution in [3.05, 3.63) is 0 Å². The minimum absolute atomic E-state index is 0.148. The zero-order valence-electron chi connectivity index (χ0n) is 9.72. The molecule has 0 spiro atoms. The Hall–Kier alpha value is -0.990. The predicted molar refractivity (Wildman–Crippen MR) is 53.9 cm³/mol. The van der Waals surface area contributed by atoms with Crippen LogP contribution >= 0.6 is 0 Å².